The zero-order valence-electron chi connectivity index (χ0n) is 8.33. The molecular formula is C11H11FN2O. The van der Waals surface area contributed by atoms with Crippen LogP contribution in [0.1, 0.15) is 5.76 Å². The van der Waals surface area contributed by atoms with Crippen LogP contribution in [-0.4, -0.2) is 12.0 Å². The van der Waals surface area contributed by atoms with Crippen molar-refractivity contribution in [3.63, 3.8) is 0 Å². The minimum Gasteiger partial charge on any atom is -0.440 e. The van der Waals surface area contributed by atoms with E-state index in [9.17, 15) is 4.39 Å². The smallest absolute Gasteiger partial charge is 0.226 e. The van der Waals surface area contributed by atoms with Crippen molar-refractivity contribution in [1.82, 2.24) is 10.3 Å². The highest BCUT2D eigenvalue weighted by Crippen LogP contribution is 2.19. The molecule has 0 amide bonds. The quantitative estimate of drug-likeness (QED) is 0.836. The van der Waals surface area contributed by atoms with Crippen molar-refractivity contribution in [2.24, 2.45) is 0 Å². The predicted molar refractivity (Wildman–Crippen MR) is 54.7 cm³/mol. The first kappa shape index (κ1) is 9.86. The van der Waals surface area contributed by atoms with Crippen LogP contribution in [0.2, 0.25) is 0 Å². The number of rotatable bonds is 3. The maximum Gasteiger partial charge on any atom is 0.226 e. The highest BCUT2D eigenvalue weighted by atomic mass is 19.1. The lowest BCUT2D eigenvalue weighted by Gasteiger charge is -1.95. The lowest BCUT2D eigenvalue weighted by atomic mass is 10.2. The van der Waals surface area contributed by atoms with E-state index in [2.05, 4.69) is 10.3 Å². The summed E-state index contributed by atoms with van der Waals surface area (Å²) in [7, 11) is 1.83. The van der Waals surface area contributed by atoms with Gasteiger partial charge in [0.05, 0.1) is 12.7 Å². The maximum atomic E-state index is 12.7. The van der Waals surface area contributed by atoms with E-state index >= 15 is 0 Å². The number of halogens is 1. The fraction of sp³-hybridized carbons (Fsp3) is 0.182. The van der Waals surface area contributed by atoms with Crippen LogP contribution in [0.4, 0.5) is 4.39 Å². The first-order valence-corrected chi connectivity index (χ1v) is 4.65. The van der Waals surface area contributed by atoms with Gasteiger partial charge in [0, 0.05) is 5.56 Å². The molecule has 0 radical (unpaired) electrons. The van der Waals surface area contributed by atoms with Gasteiger partial charge in [0.1, 0.15) is 11.6 Å². The molecule has 4 heteroatoms. The average molecular weight is 206 g/mol. The molecule has 2 aromatic rings. The molecule has 0 saturated carbocycles. The van der Waals surface area contributed by atoms with Gasteiger partial charge in [-0.1, -0.05) is 0 Å². The van der Waals surface area contributed by atoms with Crippen LogP contribution >= 0.6 is 0 Å². The summed E-state index contributed by atoms with van der Waals surface area (Å²) < 4.78 is 18.1. The summed E-state index contributed by atoms with van der Waals surface area (Å²) in [5.74, 6) is 1.01. The number of hydrogen-bond acceptors (Lipinski definition) is 3. The van der Waals surface area contributed by atoms with E-state index in [0.29, 0.717) is 12.4 Å². The molecule has 1 N–H and O–H groups in total. The number of aromatic nitrogens is 1. The Morgan fingerprint density at radius 3 is 2.73 bits per heavy atom. The van der Waals surface area contributed by atoms with E-state index < -0.39 is 0 Å². The number of oxazole rings is 1. The van der Waals surface area contributed by atoms with Crippen molar-refractivity contribution in [3.05, 3.63) is 42.0 Å². The van der Waals surface area contributed by atoms with Crippen molar-refractivity contribution < 1.29 is 8.81 Å². The van der Waals surface area contributed by atoms with Gasteiger partial charge < -0.3 is 9.73 Å². The molecule has 1 aromatic carbocycles. The minimum absolute atomic E-state index is 0.263. The fourth-order valence-corrected chi connectivity index (χ4v) is 1.29. The molecule has 0 spiro atoms. The van der Waals surface area contributed by atoms with Crippen LogP contribution in [0, 0.1) is 5.82 Å². The molecule has 1 aromatic heterocycles. The topological polar surface area (TPSA) is 38.1 Å². The van der Waals surface area contributed by atoms with Crippen LogP contribution in [0.25, 0.3) is 11.5 Å². The standard InChI is InChI=1S/C11H11FN2O/c1-13-6-10-7-14-11(15-10)8-2-4-9(12)5-3-8/h2-5,7,13H,6H2,1H3. The Bertz CT molecular complexity index is 436. The molecule has 0 unspecified atom stereocenters. The molecule has 1 heterocycles. The van der Waals surface area contributed by atoms with Gasteiger partial charge >= 0.3 is 0 Å². The Balaban J connectivity index is 2.25. The highest BCUT2D eigenvalue weighted by molar-refractivity contribution is 5.52. The van der Waals surface area contributed by atoms with Crippen LogP contribution < -0.4 is 5.32 Å². The van der Waals surface area contributed by atoms with Gasteiger partial charge in [0.2, 0.25) is 5.89 Å². The van der Waals surface area contributed by atoms with Crippen LogP contribution in [0.5, 0.6) is 0 Å². The molecule has 2 rings (SSSR count). The molecule has 0 saturated heterocycles. The lowest BCUT2D eigenvalue weighted by molar-refractivity contribution is 0.503. The van der Waals surface area contributed by atoms with E-state index in [1.807, 2.05) is 7.05 Å². The molecule has 0 fully saturated rings. The molecular weight excluding hydrogens is 195 g/mol. The Labute approximate surface area is 86.9 Å². The van der Waals surface area contributed by atoms with Gasteiger partial charge in [-0.15, -0.1) is 0 Å². The highest BCUT2D eigenvalue weighted by Gasteiger charge is 2.05. The van der Waals surface area contributed by atoms with E-state index in [1.54, 1.807) is 18.3 Å². The van der Waals surface area contributed by atoms with Gasteiger partial charge in [0.25, 0.3) is 0 Å². The second kappa shape index (κ2) is 4.23. The van der Waals surface area contributed by atoms with Gasteiger partial charge in [-0.3, -0.25) is 0 Å². The maximum absolute atomic E-state index is 12.7. The van der Waals surface area contributed by atoms with E-state index in [4.69, 9.17) is 4.42 Å². The molecule has 0 bridgehead atoms. The largest absolute Gasteiger partial charge is 0.440 e. The summed E-state index contributed by atoms with van der Waals surface area (Å²) in [6.45, 7) is 0.633. The summed E-state index contributed by atoms with van der Waals surface area (Å²) in [4.78, 5) is 4.11. The number of nitrogens with one attached hydrogen (secondary N) is 1. The van der Waals surface area contributed by atoms with Crippen molar-refractivity contribution in [2.75, 3.05) is 7.05 Å². The van der Waals surface area contributed by atoms with Gasteiger partial charge in [0.15, 0.2) is 0 Å². The third-order valence-electron chi connectivity index (χ3n) is 2.00. The number of nitrogens with zero attached hydrogens (tertiary/aromatic N) is 1. The van der Waals surface area contributed by atoms with Crippen molar-refractivity contribution in [1.29, 1.82) is 0 Å². The first-order chi connectivity index (χ1) is 7.29. The van der Waals surface area contributed by atoms with Crippen LogP contribution in [-0.2, 0) is 6.54 Å². The minimum atomic E-state index is -0.263. The van der Waals surface area contributed by atoms with Crippen molar-refractivity contribution >= 4 is 0 Å². The molecule has 3 nitrogen and oxygen atoms in total. The fourth-order valence-electron chi connectivity index (χ4n) is 1.29. The summed E-state index contributed by atoms with van der Waals surface area (Å²) in [6.07, 6.45) is 1.66. The second-order valence-corrected chi connectivity index (χ2v) is 3.17. The summed E-state index contributed by atoms with van der Waals surface area (Å²) >= 11 is 0. The summed E-state index contributed by atoms with van der Waals surface area (Å²) in [6, 6.07) is 6.06. The third-order valence-corrected chi connectivity index (χ3v) is 2.00. The molecule has 78 valence electrons. The van der Waals surface area contributed by atoms with E-state index in [1.165, 1.54) is 12.1 Å². The zero-order chi connectivity index (χ0) is 10.7. The third kappa shape index (κ3) is 2.22. The molecule has 0 aliphatic rings. The molecule has 15 heavy (non-hydrogen) atoms. The Hall–Kier alpha value is -1.68. The van der Waals surface area contributed by atoms with Gasteiger partial charge in [-0.2, -0.15) is 0 Å². The summed E-state index contributed by atoms with van der Waals surface area (Å²) in [5.41, 5.74) is 0.777. The predicted octanol–water partition coefficient (Wildman–Crippen LogP) is 2.20. The van der Waals surface area contributed by atoms with E-state index in [0.717, 1.165) is 11.3 Å². The summed E-state index contributed by atoms with van der Waals surface area (Å²) in [5, 5.41) is 2.96. The second-order valence-electron chi connectivity index (χ2n) is 3.17. The Morgan fingerprint density at radius 2 is 2.07 bits per heavy atom. The lowest BCUT2D eigenvalue weighted by Crippen LogP contribution is -2.03. The van der Waals surface area contributed by atoms with Gasteiger partial charge in [-0.25, -0.2) is 9.37 Å². The van der Waals surface area contributed by atoms with Crippen LogP contribution in [0.3, 0.4) is 0 Å². The monoisotopic (exact) mass is 206 g/mol. The average Bonchev–Trinajstić information content (AvgIpc) is 2.68. The van der Waals surface area contributed by atoms with E-state index in [-0.39, 0.29) is 5.82 Å². The van der Waals surface area contributed by atoms with Crippen molar-refractivity contribution in [3.8, 4) is 11.5 Å². The molecule has 0 aliphatic heterocycles. The van der Waals surface area contributed by atoms with Crippen molar-refractivity contribution in [2.45, 2.75) is 6.54 Å². The normalized spacial score (nSPS) is 10.5. The number of benzene rings is 1. The molecule has 0 atom stereocenters. The van der Waals surface area contributed by atoms with Crippen LogP contribution in [0.15, 0.2) is 34.9 Å². The zero-order valence-corrected chi connectivity index (χ0v) is 8.33. The van der Waals surface area contributed by atoms with Gasteiger partial charge in [-0.05, 0) is 31.3 Å². The first-order valence-electron chi connectivity index (χ1n) is 4.65. The SMILES string of the molecule is CNCc1cnc(-c2ccc(F)cc2)o1. The Morgan fingerprint density at radius 1 is 1.33 bits per heavy atom. The number of hydrogen-bond donors (Lipinski definition) is 1. The Kier molecular flexibility index (Phi) is 2.78. The molecule has 0 aliphatic carbocycles.